The maximum Gasteiger partial charge on any atom is 0.0681 e. The fourth-order valence-electron chi connectivity index (χ4n) is 3.25. The van der Waals surface area contributed by atoms with E-state index in [1.54, 1.807) is 0 Å². The van der Waals surface area contributed by atoms with E-state index in [4.69, 9.17) is 17.3 Å². The van der Waals surface area contributed by atoms with Crippen LogP contribution < -0.4 is 10.6 Å². The van der Waals surface area contributed by atoms with Gasteiger partial charge in [-0.3, -0.25) is 0 Å². The molecule has 0 aliphatic carbocycles. The van der Waals surface area contributed by atoms with Crippen LogP contribution in [0.5, 0.6) is 0 Å². The highest BCUT2D eigenvalue weighted by atomic mass is 35.5. The molecule has 4 heteroatoms. The maximum absolute atomic E-state index is 9.41. The number of benzene rings is 2. The van der Waals surface area contributed by atoms with E-state index in [1.165, 1.54) is 22.5 Å². The Bertz CT molecular complexity index is 687. The van der Waals surface area contributed by atoms with Crippen LogP contribution in [0.4, 0.5) is 11.4 Å². The van der Waals surface area contributed by atoms with Gasteiger partial charge in [0.2, 0.25) is 0 Å². The molecular formula is C19H23ClN2O. The molecule has 3 nitrogen and oxygen atoms in total. The van der Waals surface area contributed by atoms with Crippen molar-refractivity contribution in [1.82, 2.24) is 0 Å². The molecule has 1 aliphatic heterocycles. The number of hydrogen-bond donors (Lipinski definition) is 2. The monoisotopic (exact) mass is 330 g/mol. The van der Waals surface area contributed by atoms with Gasteiger partial charge in [-0.15, -0.1) is 0 Å². The third-order valence-corrected chi connectivity index (χ3v) is 4.69. The molecule has 23 heavy (non-hydrogen) atoms. The number of anilines is 2. The minimum atomic E-state index is 0.0826. The van der Waals surface area contributed by atoms with Gasteiger partial charge in [0.15, 0.2) is 0 Å². The standard InChI is InChI=1S/C19H23ClN2O/c20-17-7-6-15-4-5-16-11-14(13-23)3-8-18(16)22(19(15)12-17)10-2-1-9-21/h3,6-8,11-12,23H,1-2,4-5,9-10,13,21H2. The highest BCUT2D eigenvalue weighted by molar-refractivity contribution is 6.30. The summed E-state index contributed by atoms with van der Waals surface area (Å²) in [7, 11) is 0. The molecule has 0 saturated carbocycles. The largest absolute Gasteiger partial charge is 0.392 e. The zero-order chi connectivity index (χ0) is 16.2. The average Bonchev–Trinajstić information content (AvgIpc) is 2.72. The average molecular weight is 331 g/mol. The second kappa shape index (κ2) is 7.35. The number of rotatable bonds is 5. The van der Waals surface area contributed by atoms with E-state index in [2.05, 4.69) is 29.2 Å². The summed E-state index contributed by atoms with van der Waals surface area (Å²) in [6, 6.07) is 12.4. The van der Waals surface area contributed by atoms with Crippen molar-refractivity contribution in [3.05, 3.63) is 58.1 Å². The van der Waals surface area contributed by atoms with E-state index in [0.717, 1.165) is 42.8 Å². The van der Waals surface area contributed by atoms with Crippen LogP contribution in [-0.4, -0.2) is 18.2 Å². The molecule has 1 heterocycles. The van der Waals surface area contributed by atoms with Crippen LogP contribution in [0, 0.1) is 0 Å². The molecule has 1 aliphatic rings. The maximum atomic E-state index is 9.41. The summed E-state index contributed by atoms with van der Waals surface area (Å²) in [6.07, 6.45) is 4.02. The highest BCUT2D eigenvalue weighted by Crippen LogP contribution is 2.38. The van der Waals surface area contributed by atoms with Crippen LogP contribution in [0.3, 0.4) is 0 Å². The summed E-state index contributed by atoms with van der Waals surface area (Å²) in [5.41, 5.74) is 11.7. The summed E-state index contributed by atoms with van der Waals surface area (Å²) in [5, 5.41) is 10.2. The van der Waals surface area contributed by atoms with E-state index in [0.29, 0.717) is 6.54 Å². The highest BCUT2D eigenvalue weighted by Gasteiger charge is 2.20. The molecule has 0 radical (unpaired) electrons. The first-order valence-electron chi connectivity index (χ1n) is 8.21. The summed E-state index contributed by atoms with van der Waals surface area (Å²) >= 11 is 6.25. The number of aryl methyl sites for hydroxylation is 2. The van der Waals surface area contributed by atoms with Gasteiger partial charge in [0, 0.05) is 22.9 Å². The summed E-state index contributed by atoms with van der Waals surface area (Å²) in [4.78, 5) is 2.36. The molecule has 0 spiro atoms. The van der Waals surface area contributed by atoms with Crippen molar-refractivity contribution in [2.45, 2.75) is 32.3 Å². The molecule has 0 bridgehead atoms. The fraction of sp³-hybridized carbons (Fsp3) is 0.368. The molecule has 122 valence electrons. The Morgan fingerprint density at radius 1 is 1.00 bits per heavy atom. The van der Waals surface area contributed by atoms with Gasteiger partial charge in [-0.05, 0) is 67.1 Å². The van der Waals surface area contributed by atoms with Gasteiger partial charge in [-0.1, -0.05) is 29.8 Å². The van der Waals surface area contributed by atoms with Crippen LogP contribution >= 0.6 is 11.6 Å². The first-order chi connectivity index (χ1) is 11.2. The summed E-state index contributed by atoms with van der Waals surface area (Å²) in [6.45, 7) is 1.72. The lowest BCUT2D eigenvalue weighted by Crippen LogP contribution is -2.20. The molecule has 3 N–H and O–H groups in total. The van der Waals surface area contributed by atoms with E-state index >= 15 is 0 Å². The van der Waals surface area contributed by atoms with Gasteiger partial charge in [0.05, 0.1) is 6.61 Å². The van der Waals surface area contributed by atoms with Crippen LogP contribution in [0.2, 0.25) is 5.02 Å². The van der Waals surface area contributed by atoms with Crippen LogP contribution in [0.15, 0.2) is 36.4 Å². The van der Waals surface area contributed by atoms with Gasteiger partial charge in [0.1, 0.15) is 0 Å². The second-order valence-corrected chi connectivity index (χ2v) is 6.48. The summed E-state index contributed by atoms with van der Waals surface area (Å²) < 4.78 is 0. The molecule has 0 fully saturated rings. The van der Waals surface area contributed by atoms with Gasteiger partial charge in [-0.2, -0.15) is 0 Å². The van der Waals surface area contributed by atoms with Crippen molar-refractivity contribution in [1.29, 1.82) is 0 Å². The first kappa shape index (κ1) is 16.3. The Labute approximate surface area is 142 Å². The first-order valence-corrected chi connectivity index (χ1v) is 8.59. The van der Waals surface area contributed by atoms with Gasteiger partial charge < -0.3 is 15.7 Å². The van der Waals surface area contributed by atoms with Crippen LogP contribution in [0.25, 0.3) is 0 Å². The number of nitrogens with zero attached hydrogens (tertiary/aromatic N) is 1. The number of aliphatic hydroxyl groups is 1. The van der Waals surface area contributed by atoms with Crippen molar-refractivity contribution >= 4 is 23.0 Å². The third-order valence-electron chi connectivity index (χ3n) is 4.45. The number of hydrogen-bond acceptors (Lipinski definition) is 3. The van der Waals surface area contributed by atoms with Gasteiger partial charge in [0.25, 0.3) is 0 Å². The molecule has 2 aromatic rings. The third kappa shape index (κ3) is 3.52. The van der Waals surface area contributed by atoms with E-state index in [-0.39, 0.29) is 6.61 Å². The molecule has 3 rings (SSSR count). The molecule has 0 saturated heterocycles. The van der Waals surface area contributed by atoms with Gasteiger partial charge in [-0.25, -0.2) is 0 Å². The lowest BCUT2D eigenvalue weighted by molar-refractivity contribution is 0.281. The molecule has 0 atom stereocenters. The van der Waals surface area contributed by atoms with Crippen molar-refractivity contribution in [3.63, 3.8) is 0 Å². The predicted octanol–water partition coefficient (Wildman–Crippen LogP) is 3.81. The molecule has 0 aromatic heterocycles. The zero-order valence-electron chi connectivity index (χ0n) is 13.3. The Hall–Kier alpha value is -1.55. The SMILES string of the molecule is NCCCCN1c2ccc(CO)cc2CCc2ccc(Cl)cc21. The Balaban J connectivity index is 2.04. The number of aliphatic hydroxyl groups excluding tert-OH is 1. The lowest BCUT2D eigenvalue weighted by atomic mass is 10.0. The molecular weight excluding hydrogens is 308 g/mol. The molecule has 2 aromatic carbocycles. The van der Waals surface area contributed by atoms with E-state index in [9.17, 15) is 5.11 Å². The fourth-order valence-corrected chi connectivity index (χ4v) is 3.42. The minimum absolute atomic E-state index is 0.0826. The van der Waals surface area contributed by atoms with Gasteiger partial charge >= 0.3 is 0 Å². The van der Waals surface area contributed by atoms with E-state index in [1.807, 2.05) is 12.1 Å². The zero-order valence-corrected chi connectivity index (χ0v) is 14.0. The Morgan fingerprint density at radius 2 is 1.83 bits per heavy atom. The second-order valence-electron chi connectivity index (χ2n) is 6.04. The van der Waals surface area contributed by atoms with Crippen LogP contribution in [0.1, 0.15) is 29.5 Å². The quantitative estimate of drug-likeness (QED) is 0.820. The van der Waals surface area contributed by atoms with Crippen molar-refractivity contribution in [2.24, 2.45) is 5.73 Å². The lowest BCUT2D eigenvalue weighted by Gasteiger charge is -2.27. The normalized spacial score (nSPS) is 13.4. The van der Waals surface area contributed by atoms with Crippen molar-refractivity contribution in [2.75, 3.05) is 18.0 Å². The Kier molecular flexibility index (Phi) is 5.21. The molecule has 0 amide bonds. The number of unbranched alkanes of at least 4 members (excludes halogenated alkanes) is 1. The van der Waals surface area contributed by atoms with Crippen molar-refractivity contribution in [3.8, 4) is 0 Å². The Morgan fingerprint density at radius 3 is 2.61 bits per heavy atom. The van der Waals surface area contributed by atoms with Crippen LogP contribution in [-0.2, 0) is 19.4 Å². The number of halogens is 1. The number of fused-ring (bicyclic) bond motifs is 2. The predicted molar refractivity (Wildman–Crippen MR) is 96.5 cm³/mol. The summed E-state index contributed by atoms with van der Waals surface area (Å²) in [5.74, 6) is 0. The topological polar surface area (TPSA) is 49.5 Å². The van der Waals surface area contributed by atoms with E-state index < -0.39 is 0 Å². The minimum Gasteiger partial charge on any atom is -0.392 e. The van der Waals surface area contributed by atoms with Crippen molar-refractivity contribution < 1.29 is 5.11 Å². The smallest absolute Gasteiger partial charge is 0.0681 e. The number of nitrogens with two attached hydrogens (primary N) is 1. The molecule has 0 unspecified atom stereocenters.